The van der Waals surface area contributed by atoms with Gasteiger partial charge in [-0.25, -0.2) is 0 Å². The van der Waals surface area contributed by atoms with E-state index in [2.05, 4.69) is 20.8 Å². The summed E-state index contributed by atoms with van der Waals surface area (Å²) in [6.07, 6.45) is 3.37. The molecule has 0 aromatic heterocycles. The molecule has 3 heteroatoms. The van der Waals surface area contributed by atoms with Crippen LogP contribution in [0.4, 0.5) is 0 Å². The lowest BCUT2D eigenvalue weighted by Crippen LogP contribution is -2.31. The van der Waals surface area contributed by atoms with E-state index in [1.807, 2.05) is 12.1 Å². The molecular weight excluding hydrogens is 264 g/mol. The van der Waals surface area contributed by atoms with E-state index < -0.39 is 0 Å². The Labute approximate surface area is 126 Å². The Balaban J connectivity index is 2.16. The Kier molecular flexibility index (Phi) is 3.39. The van der Waals surface area contributed by atoms with E-state index in [0.29, 0.717) is 5.92 Å². The Morgan fingerprint density at radius 1 is 1.19 bits per heavy atom. The molecule has 3 rings (SSSR count). The molecule has 0 saturated carbocycles. The van der Waals surface area contributed by atoms with Crippen LogP contribution in [-0.4, -0.2) is 14.2 Å². The lowest BCUT2D eigenvalue weighted by molar-refractivity contribution is 0.282. The van der Waals surface area contributed by atoms with E-state index in [1.165, 1.54) is 12.0 Å². The molecule has 0 bridgehead atoms. The predicted molar refractivity (Wildman–Crippen MR) is 83.2 cm³/mol. The van der Waals surface area contributed by atoms with E-state index in [-0.39, 0.29) is 5.41 Å². The summed E-state index contributed by atoms with van der Waals surface area (Å²) in [5, 5.41) is 0. The molecule has 0 fully saturated rings. The number of fused-ring (bicyclic) bond motifs is 1. The SMILES string of the molecule is COc1cc(OC)c2c(c1)OC1=C(CCC(C)C1)C2(C)C. The van der Waals surface area contributed by atoms with Gasteiger partial charge in [-0.15, -0.1) is 0 Å². The molecule has 0 amide bonds. The quantitative estimate of drug-likeness (QED) is 0.804. The summed E-state index contributed by atoms with van der Waals surface area (Å²) in [7, 11) is 3.38. The summed E-state index contributed by atoms with van der Waals surface area (Å²) in [5.74, 6) is 4.34. The molecule has 0 N–H and O–H groups in total. The molecule has 0 saturated heterocycles. The predicted octanol–water partition coefficient (Wildman–Crippen LogP) is 4.45. The summed E-state index contributed by atoms with van der Waals surface area (Å²) in [6.45, 7) is 6.84. The number of hydrogen-bond acceptors (Lipinski definition) is 3. The van der Waals surface area contributed by atoms with Crippen molar-refractivity contribution < 1.29 is 14.2 Å². The smallest absolute Gasteiger partial charge is 0.138 e. The largest absolute Gasteiger partial charge is 0.496 e. The van der Waals surface area contributed by atoms with E-state index in [1.54, 1.807) is 14.2 Å². The first-order chi connectivity index (χ1) is 9.97. The maximum Gasteiger partial charge on any atom is 0.138 e. The van der Waals surface area contributed by atoms with Crippen LogP contribution >= 0.6 is 0 Å². The highest BCUT2D eigenvalue weighted by Gasteiger charge is 2.40. The maximum atomic E-state index is 6.25. The van der Waals surface area contributed by atoms with E-state index in [0.717, 1.165) is 41.4 Å². The molecule has 1 unspecified atom stereocenters. The molecule has 0 radical (unpaired) electrons. The van der Waals surface area contributed by atoms with Crippen molar-refractivity contribution >= 4 is 0 Å². The molecule has 2 aliphatic rings. The number of allylic oxidation sites excluding steroid dienone is 2. The van der Waals surface area contributed by atoms with Crippen LogP contribution in [0.25, 0.3) is 0 Å². The van der Waals surface area contributed by atoms with Crippen molar-refractivity contribution in [2.75, 3.05) is 14.2 Å². The normalized spacial score (nSPS) is 23.0. The van der Waals surface area contributed by atoms with Gasteiger partial charge in [-0.2, -0.15) is 0 Å². The monoisotopic (exact) mass is 288 g/mol. The second kappa shape index (κ2) is 4.97. The first kappa shape index (κ1) is 14.3. The van der Waals surface area contributed by atoms with E-state index >= 15 is 0 Å². The molecule has 3 nitrogen and oxygen atoms in total. The van der Waals surface area contributed by atoms with Crippen LogP contribution in [0.5, 0.6) is 17.2 Å². The Bertz CT molecular complexity index is 599. The van der Waals surface area contributed by atoms with Crippen molar-refractivity contribution in [2.45, 2.75) is 45.4 Å². The Morgan fingerprint density at radius 2 is 1.95 bits per heavy atom. The van der Waals surface area contributed by atoms with Gasteiger partial charge < -0.3 is 14.2 Å². The molecule has 21 heavy (non-hydrogen) atoms. The molecule has 1 heterocycles. The van der Waals surface area contributed by atoms with Gasteiger partial charge in [0.15, 0.2) is 0 Å². The zero-order chi connectivity index (χ0) is 15.2. The second-order valence-electron chi connectivity index (χ2n) is 6.68. The number of benzene rings is 1. The second-order valence-corrected chi connectivity index (χ2v) is 6.68. The van der Waals surface area contributed by atoms with Crippen molar-refractivity contribution in [2.24, 2.45) is 5.92 Å². The summed E-state index contributed by atoms with van der Waals surface area (Å²) in [5.41, 5.74) is 2.51. The summed E-state index contributed by atoms with van der Waals surface area (Å²) < 4.78 is 17.2. The first-order valence-corrected chi connectivity index (χ1v) is 7.64. The lowest BCUT2D eigenvalue weighted by Gasteiger charge is -2.41. The molecule has 1 aliphatic heterocycles. The highest BCUT2D eigenvalue weighted by atomic mass is 16.5. The standard InChI is InChI=1S/C18H24O3/c1-11-6-7-13-14(8-11)21-16-10-12(19-4)9-15(20-5)17(16)18(13,2)3/h9-11H,6-8H2,1-5H3. The van der Waals surface area contributed by atoms with E-state index in [9.17, 15) is 0 Å². The number of methoxy groups -OCH3 is 2. The van der Waals surface area contributed by atoms with Crippen LogP contribution < -0.4 is 14.2 Å². The van der Waals surface area contributed by atoms with Gasteiger partial charge in [0.25, 0.3) is 0 Å². The fourth-order valence-electron chi connectivity index (χ4n) is 3.66. The highest BCUT2D eigenvalue weighted by Crippen LogP contribution is 2.53. The zero-order valence-electron chi connectivity index (χ0n) is 13.6. The van der Waals surface area contributed by atoms with Gasteiger partial charge in [0, 0.05) is 29.5 Å². The third-order valence-corrected chi connectivity index (χ3v) is 4.87. The van der Waals surface area contributed by atoms with Gasteiger partial charge in [-0.3, -0.25) is 0 Å². The van der Waals surface area contributed by atoms with Crippen LogP contribution in [0.1, 0.15) is 45.6 Å². The zero-order valence-corrected chi connectivity index (χ0v) is 13.6. The van der Waals surface area contributed by atoms with Crippen LogP contribution in [0, 0.1) is 5.92 Å². The molecule has 1 aliphatic carbocycles. The maximum absolute atomic E-state index is 6.25. The lowest BCUT2D eigenvalue weighted by atomic mass is 9.69. The minimum atomic E-state index is -0.0549. The highest BCUT2D eigenvalue weighted by molar-refractivity contribution is 5.60. The van der Waals surface area contributed by atoms with Gasteiger partial charge >= 0.3 is 0 Å². The molecule has 0 spiro atoms. The Morgan fingerprint density at radius 3 is 2.62 bits per heavy atom. The third-order valence-electron chi connectivity index (χ3n) is 4.87. The van der Waals surface area contributed by atoms with Gasteiger partial charge in [-0.1, -0.05) is 20.8 Å². The third kappa shape index (κ3) is 2.19. The van der Waals surface area contributed by atoms with Crippen LogP contribution in [0.2, 0.25) is 0 Å². The van der Waals surface area contributed by atoms with E-state index in [4.69, 9.17) is 14.2 Å². The molecule has 114 valence electrons. The summed E-state index contributed by atoms with van der Waals surface area (Å²) in [6, 6.07) is 3.92. The van der Waals surface area contributed by atoms with Gasteiger partial charge in [-0.05, 0) is 24.3 Å². The molecule has 1 aromatic rings. The van der Waals surface area contributed by atoms with Crippen LogP contribution in [-0.2, 0) is 5.41 Å². The fourth-order valence-corrected chi connectivity index (χ4v) is 3.66. The average Bonchev–Trinajstić information content (AvgIpc) is 2.45. The van der Waals surface area contributed by atoms with Crippen molar-refractivity contribution in [3.8, 4) is 17.2 Å². The molecule has 1 aromatic carbocycles. The minimum absolute atomic E-state index is 0.0549. The number of rotatable bonds is 2. The first-order valence-electron chi connectivity index (χ1n) is 7.64. The van der Waals surface area contributed by atoms with Crippen LogP contribution in [0.3, 0.4) is 0 Å². The van der Waals surface area contributed by atoms with Gasteiger partial charge in [0.2, 0.25) is 0 Å². The van der Waals surface area contributed by atoms with Crippen molar-refractivity contribution in [1.29, 1.82) is 0 Å². The van der Waals surface area contributed by atoms with Gasteiger partial charge in [0.05, 0.1) is 14.2 Å². The topological polar surface area (TPSA) is 27.7 Å². The number of hydrogen-bond donors (Lipinski definition) is 0. The summed E-state index contributed by atoms with van der Waals surface area (Å²) >= 11 is 0. The van der Waals surface area contributed by atoms with Crippen molar-refractivity contribution in [3.63, 3.8) is 0 Å². The number of ether oxygens (including phenoxy) is 3. The fraction of sp³-hybridized carbons (Fsp3) is 0.556. The average molecular weight is 288 g/mol. The van der Waals surface area contributed by atoms with Gasteiger partial charge in [0.1, 0.15) is 23.0 Å². The summed E-state index contributed by atoms with van der Waals surface area (Å²) in [4.78, 5) is 0. The van der Waals surface area contributed by atoms with Crippen molar-refractivity contribution in [3.05, 3.63) is 29.0 Å². The Hall–Kier alpha value is -1.64. The minimum Gasteiger partial charge on any atom is -0.496 e. The van der Waals surface area contributed by atoms with Crippen LogP contribution in [0.15, 0.2) is 23.5 Å². The molecular formula is C18H24O3. The molecule has 1 atom stereocenters. The van der Waals surface area contributed by atoms with Crippen molar-refractivity contribution in [1.82, 2.24) is 0 Å².